The van der Waals surface area contributed by atoms with Crippen LogP contribution in [-0.4, -0.2) is 74.0 Å². The zero-order valence-electron chi connectivity index (χ0n) is 21.9. The molecule has 4 heterocycles. The number of hydrogen-bond donors (Lipinski definition) is 1. The number of imidazole rings is 1. The Bertz CT molecular complexity index is 1230. The normalized spacial score (nSPS) is 24.9. The topological polar surface area (TPSA) is 74.0 Å². The van der Waals surface area contributed by atoms with Crippen molar-refractivity contribution in [1.82, 2.24) is 24.2 Å². The number of hydrogen-bond acceptors (Lipinski definition) is 5. The summed E-state index contributed by atoms with van der Waals surface area (Å²) in [7, 11) is 0. The van der Waals surface area contributed by atoms with Gasteiger partial charge in [-0.2, -0.15) is 0 Å². The Kier molecular flexibility index (Phi) is 7.00. The summed E-state index contributed by atoms with van der Waals surface area (Å²) in [5, 5.41) is 10.1. The Labute approximate surface area is 219 Å². The molecule has 6 rings (SSSR count). The molecule has 1 aromatic carbocycles. The molecule has 7 nitrogen and oxygen atoms in total. The van der Waals surface area contributed by atoms with Crippen LogP contribution in [0.5, 0.6) is 0 Å². The van der Waals surface area contributed by atoms with Crippen LogP contribution in [0.25, 0.3) is 5.78 Å². The summed E-state index contributed by atoms with van der Waals surface area (Å²) in [6.45, 7) is 7.05. The number of carbonyl (C=O) groups is 1. The van der Waals surface area contributed by atoms with Crippen LogP contribution in [0.3, 0.4) is 0 Å². The first kappa shape index (κ1) is 24.6. The van der Waals surface area contributed by atoms with Gasteiger partial charge >= 0.3 is 5.97 Å². The summed E-state index contributed by atoms with van der Waals surface area (Å²) in [5.74, 6) is 2.06. The standard InChI is InChI=1S/C30H39N5O2/c1-21-5-2-8-24(15-21)26-20-34(27(29(36)37)16-22-6-3-7-22)19-25(26)18-33-13-9-23(10-14-33)28-17-32-30-31-11-4-12-35(28)30/h2,4-5,8,11-12,15,17,22-23,25-27H,3,6-7,9-10,13-14,16,18-20H2,1H3,(H,36,37). The van der Waals surface area contributed by atoms with E-state index < -0.39 is 5.97 Å². The van der Waals surface area contributed by atoms with Crippen LogP contribution in [0.1, 0.15) is 67.2 Å². The van der Waals surface area contributed by atoms with Crippen molar-refractivity contribution < 1.29 is 9.90 Å². The van der Waals surface area contributed by atoms with Gasteiger partial charge in [0.1, 0.15) is 6.04 Å². The molecule has 3 atom stereocenters. The predicted molar refractivity (Wildman–Crippen MR) is 144 cm³/mol. The zero-order valence-corrected chi connectivity index (χ0v) is 21.9. The molecule has 2 aliphatic heterocycles. The molecule has 196 valence electrons. The first-order valence-corrected chi connectivity index (χ1v) is 14.1. The van der Waals surface area contributed by atoms with Gasteiger partial charge in [-0.1, -0.05) is 49.1 Å². The van der Waals surface area contributed by atoms with Crippen molar-refractivity contribution in [3.63, 3.8) is 0 Å². The maximum Gasteiger partial charge on any atom is 0.320 e. The fourth-order valence-electron chi connectivity index (χ4n) is 6.96. The maximum absolute atomic E-state index is 12.3. The molecule has 3 fully saturated rings. The molecule has 1 aliphatic carbocycles. The Balaban J connectivity index is 1.15. The number of aromatic nitrogens is 3. The van der Waals surface area contributed by atoms with Gasteiger partial charge in [-0.3, -0.25) is 14.1 Å². The number of carboxylic acid groups (broad SMARTS) is 1. The minimum Gasteiger partial charge on any atom is -0.480 e. The molecule has 3 unspecified atom stereocenters. The summed E-state index contributed by atoms with van der Waals surface area (Å²) in [5.41, 5.74) is 3.92. The fourth-order valence-corrected chi connectivity index (χ4v) is 6.96. The molecule has 2 aromatic heterocycles. The Morgan fingerprint density at radius 1 is 1.11 bits per heavy atom. The van der Waals surface area contributed by atoms with Crippen LogP contribution in [0.15, 0.2) is 48.9 Å². The Morgan fingerprint density at radius 3 is 2.68 bits per heavy atom. The van der Waals surface area contributed by atoms with Crippen molar-refractivity contribution in [3.05, 3.63) is 65.7 Å². The van der Waals surface area contributed by atoms with E-state index in [-0.39, 0.29) is 6.04 Å². The highest BCUT2D eigenvalue weighted by Crippen LogP contribution is 2.39. The van der Waals surface area contributed by atoms with E-state index in [2.05, 4.69) is 61.6 Å². The molecule has 7 heteroatoms. The number of nitrogens with zero attached hydrogens (tertiary/aromatic N) is 5. The SMILES string of the molecule is Cc1cccc(C2CN(C(CC3CCC3)C(=O)O)CC2CN2CCC(c3cnc4ncccn34)CC2)c1. The fraction of sp³-hybridized carbons (Fsp3) is 0.567. The van der Waals surface area contributed by atoms with Crippen LogP contribution in [0.4, 0.5) is 0 Å². The number of likely N-dealkylation sites (tertiary alicyclic amines) is 2. The molecule has 2 saturated heterocycles. The van der Waals surface area contributed by atoms with Gasteiger partial charge in [0, 0.05) is 49.6 Å². The van der Waals surface area contributed by atoms with Crippen molar-refractivity contribution in [3.8, 4) is 0 Å². The molecule has 0 radical (unpaired) electrons. The second-order valence-electron chi connectivity index (χ2n) is 11.7. The Morgan fingerprint density at radius 2 is 1.95 bits per heavy atom. The van der Waals surface area contributed by atoms with Crippen molar-refractivity contribution in [2.45, 2.75) is 63.3 Å². The van der Waals surface area contributed by atoms with Gasteiger partial charge in [0.15, 0.2) is 0 Å². The highest BCUT2D eigenvalue weighted by Gasteiger charge is 2.41. The lowest BCUT2D eigenvalue weighted by Gasteiger charge is -2.35. The third-order valence-corrected chi connectivity index (χ3v) is 9.26. The van der Waals surface area contributed by atoms with E-state index in [4.69, 9.17) is 0 Å². The molecule has 3 aromatic rings. The number of fused-ring (bicyclic) bond motifs is 1. The lowest BCUT2D eigenvalue weighted by Crippen LogP contribution is -2.43. The number of piperidine rings is 1. The molecule has 0 spiro atoms. The number of benzene rings is 1. The number of aryl methyl sites for hydroxylation is 1. The van der Waals surface area contributed by atoms with Gasteiger partial charge in [-0.25, -0.2) is 9.97 Å². The molecule has 0 bridgehead atoms. The van der Waals surface area contributed by atoms with E-state index >= 15 is 0 Å². The minimum absolute atomic E-state index is 0.350. The zero-order chi connectivity index (χ0) is 25.4. The van der Waals surface area contributed by atoms with Crippen molar-refractivity contribution in [2.24, 2.45) is 11.8 Å². The van der Waals surface area contributed by atoms with Gasteiger partial charge in [0.25, 0.3) is 0 Å². The molecule has 37 heavy (non-hydrogen) atoms. The van der Waals surface area contributed by atoms with Crippen molar-refractivity contribution in [2.75, 3.05) is 32.7 Å². The second kappa shape index (κ2) is 10.5. The number of carboxylic acids is 1. The number of aliphatic carboxylic acids is 1. The van der Waals surface area contributed by atoms with Gasteiger partial charge in [0.2, 0.25) is 5.78 Å². The van der Waals surface area contributed by atoms with E-state index in [1.807, 2.05) is 12.3 Å². The maximum atomic E-state index is 12.3. The first-order chi connectivity index (χ1) is 18.0. The summed E-state index contributed by atoms with van der Waals surface area (Å²) in [6, 6.07) is 10.5. The summed E-state index contributed by atoms with van der Waals surface area (Å²) in [4.78, 5) is 26.1. The van der Waals surface area contributed by atoms with E-state index in [0.717, 1.165) is 57.8 Å². The van der Waals surface area contributed by atoms with E-state index in [1.54, 1.807) is 6.20 Å². The quantitative estimate of drug-likeness (QED) is 0.487. The monoisotopic (exact) mass is 501 g/mol. The van der Waals surface area contributed by atoms with Gasteiger partial charge in [0.05, 0.1) is 6.20 Å². The van der Waals surface area contributed by atoms with Crippen LogP contribution >= 0.6 is 0 Å². The van der Waals surface area contributed by atoms with E-state index in [1.165, 1.54) is 36.1 Å². The smallest absolute Gasteiger partial charge is 0.320 e. The average Bonchev–Trinajstić information content (AvgIpc) is 3.48. The molecular weight excluding hydrogens is 462 g/mol. The van der Waals surface area contributed by atoms with Crippen LogP contribution in [0, 0.1) is 18.8 Å². The molecule has 3 aliphatic rings. The van der Waals surface area contributed by atoms with Gasteiger partial charge in [-0.15, -0.1) is 0 Å². The van der Waals surface area contributed by atoms with Gasteiger partial charge in [-0.05, 0) is 62.7 Å². The van der Waals surface area contributed by atoms with Crippen molar-refractivity contribution in [1.29, 1.82) is 0 Å². The third-order valence-electron chi connectivity index (χ3n) is 9.26. The highest BCUT2D eigenvalue weighted by atomic mass is 16.4. The predicted octanol–water partition coefficient (Wildman–Crippen LogP) is 4.58. The summed E-state index contributed by atoms with van der Waals surface area (Å²) >= 11 is 0. The Hall–Kier alpha value is -2.77. The molecule has 1 N–H and O–H groups in total. The van der Waals surface area contributed by atoms with E-state index in [0.29, 0.717) is 23.7 Å². The third kappa shape index (κ3) is 5.16. The van der Waals surface area contributed by atoms with Crippen LogP contribution < -0.4 is 0 Å². The van der Waals surface area contributed by atoms with Crippen LogP contribution in [0.2, 0.25) is 0 Å². The van der Waals surface area contributed by atoms with Crippen molar-refractivity contribution >= 4 is 11.7 Å². The first-order valence-electron chi connectivity index (χ1n) is 14.1. The molecule has 0 amide bonds. The molecule has 1 saturated carbocycles. The lowest BCUT2D eigenvalue weighted by molar-refractivity contribution is -0.144. The molecular formula is C30H39N5O2. The highest BCUT2D eigenvalue weighted by molar-refractivity contribution is 5.73. The largest absolute Gasteiger partial charge is 0.480 e. The van der Waals surface area contributed by atoms with E-state index in [9.17, 15) is 9.90 Å². The number of rotatable bonds is 8. The van der Waals surface area contributed by atoms with Crippen LogP contribution in [-0.2, 0) is 4.79 Å². The minimum atomic E-state index is -0.640. The summed E-state index contributed by atoms with van der Waals surface area (Å²) < 4.78 is 2.14. The average molecular weight is 502 g/mol. The lowest BCUT2D eigenvalue weighted by atomic mass is 9.80. The summed E-state index contributed by atoms with van der Waals surface area (Å²) in [6.07, 6.45) is 12.6. The second-order valence-corrected chi connectivity index (χ2v) is 11.7. The van der Waals surface area contributed by atoms with Gasteiger partial charge < -0.3 is 10.0 Å².